The lowest BCUT2D eigenvalue weighted by Gasteiger charge is -2.26. The molecule has 0 atom stereocenters. The molecule has 0 fully saturated rings. The third-order valence-electron chi connectivity index (χ3n) is 3.50. The van der Waals surface area contributed by atoms with Gasteiger partial charge in [0, 0.05) is 13.1 Å². The lowest BCUT2D eigenvalue weighted by Crippen LogP contribution is -2.40. The quantitative estimate of drug-likeness (QED) is 0.703. The number of hydrogen-bond acceptors (Lipinski definition) is 1. The highest BCUT2D eigenvalue weighted by Gasteiger charge is 2.27. The smallest absolute Gasteiger partial charge is 0.315 e. The number of benzene rings is 1. The monoisotopic (exact) mass is 214 g/mol. The summed E-state index contributed by atoms with van der Waals surface area (Å²) in [5.41, 5.74) is 10.9. The van der Waals surface area contributed by atoms with Gasteiger partial charge in [0.2, 0.25) is 0 Å². The highest BCUT2D eigenvalue weighted by Crippen LogP contribution is 2.37. The number of carbonyl (C=O) groups is 1. The molecule has 2 aliphatic rings. The summed E-state index contributed by atoms with van der Waals surface area (Å²) in [6.45, 7) is 1.46. The number of nitrogens with two attached hydrogens (primary N) is 1. The largest absolute Gasteiger partial charge is 0.351 e. The van der Waals surface area contributed by atoms with Crippen molar-refractivity contribution in [1.82, 2.24) is 4.90 Å². The summed E-state index contributed by atoms with van der Waals surface area (Å²) in [7, 11) is 0. The molecule has 0 bridgehead atoms. The first-order valence-electron chi connectivity index (χ1n) is 5.59. The van der Waals surface area contributed by atoms with E-state index in [9.17, 15) is 4.79 Å². The van der Waals surface area contributed by atoms with Crippen LogP contribution in [0.15, 0.2) is 29.8 Å². The van der Waals surface area contributed by atoms with Crippen molar-refractivity contribution >= 4 is 11.6 Å². The van der Waals surface area contributed by atoms with Gasteiger partial charge in [-0.05, 0) is 35.1 Å². The van der Waals surface area contributed by atoms with Crippen molar-refractivity contribution in [3.05, 3.63) is 41.0 Å². The molecular formula is C13H14N2O. The molecule has 0 radical (unpaired) electrons. The van der Waals surface area contributed by atoms with Crippen molar-refractivity contribution in [3.63, 3.8) is 0 Å². The average Bonchev–Trinajstić information content (AvgIpc) is 2.66. The van der Waals surface area contributed by atoms with Crippen LogP contribution in [0.5, 0.6) is 0 Å². The second kappa shape index (κ2) is 3.37. The Morgan fingerprint density at radius 3 is 2.94 bits per heavy atom. The zero-order valence-corrected chi connectivity index (χ0v) is 9.07. The normalized spacial score (nSPS) is 18.4. The topological polar surface area (TPSA) is 46.3 Å². The second-order valence-electron chi connectivity index (χ2n) is 4.43. The molecule has 82 valence electrons. The van der Waals surface area contributed by atoms with Gasteiger partial charge in [-0.25, -0.2) is 4.79 Å². The summed E-state index contributed by atoms with van der Waals surface area (Å²) in [5.74, 6) is 0. The summed E-state index contributed by atoms with van der Waals surface area (Å²) in [4.78, 5) is 12.9. The number of rotatable bonds is 0. The Labute approximate surface area is 94.5 Å². The summed E-state index contributed by atoms with van der Waals surface area (Å²) >= 11 is 0. The first kappa shape index (κ1) is 9.46. The Bertz CT molecular complexity index is 490. The molecule has 0 unspecified atom stereocenters. The van der Waals surface area contributed by atoms with Crippen LogP contribution in [0.25, 0.3) is 5.57 Å². The van der Waals surface area contributed by atoms with Gasteiger partial charge in [0.25, 0.3) is 0 Å². The molecular weight excluding hydrogens is 200 g/mol. The van der Waals surface area contributed by atoms with Gasteiger partial charge in [-0.2, -0.15) is 0 Å². The summed E-state index contributed by atoms with van der Waals surface area (Å²) in [6.07, 6.45) is 1.92. The Morgan fingerprint density at radius 2 is 2.12 bits per heavy atom. The van der Waals surface area contributed by atoms with Crippen molar-refractivity contribution in [3.8, 4) is 0 Å². The van der Waals surface area contributed by atoms with Crippen LogP contribution < -0.4 is 5.73 Å². The van der Waals surface area contributed by atoms with E-state index in [0.29, 0.717) is 6.54 Å². The molecule has 1 aliphatic carbocycles. The number of nitrogens with zero attached hydrogens (tertiary/aromatic N) is 1. The molecule has 2 amide bonds. The van der Waals surface area contributed by atoms with Gasteiger partial charge in [0.15, 0.2) is 0 Å². The fourth-order valence-corrected chi connectivity index (χ4v) is 2.70. The van der Waals surface area contributed by atoms with E-state index < -0.39 is 0 Å². The number of amides is 2. The first-order valence-corrected chi connectivity index (χ1v) is 5.59. The number of urea groups is 1. The number of hydrogen-bond donors (Lipinski definition) is 1. The lowest BCUT2D eigenvalue weighted by molar-refractivity contribution is 0.211. The van der Waals surface area contributed by atoms with Crippen LogP contribution >= 0.6 is 0 Å². The summed E-state index contributed by atoms with van der Waals surface area (Å²) in [5, 5.41) is 0. The van der Waals surface area contributed by atoms with Gasteiger partial charge < -0.3 is 10.6 Å². The van der Waals surface area contributed by atoms with Crippen LogP contribution in [-0.2, 0) is 6.42 Å². The molecule has 0 saturated heterocycles. The molecule has 3 rings (SSSR count). The standard InChI is InChI=1S/C13H14N2O/c14-13(16)15-6-5-12-10(8-15)7-9-3-1-2-4-11(9)12/h1-4H,5-8H2,(H2,14,16). The highest BCUT2D eigenvalue weighted by molar-refractivity contribution is 5.80. The molecule has 16 heavy (non-hydrogen) atoms. The van der Waals surface area contributed by atoms with Gasteiger partial charge in [0.05, 0.1) is 0 Å². The summed E-state index contributed by atoms with van der Waals surface area (Å²) < 4.78 is 0. The predicted octanol–water partition coefficient (Wildman–Crippen LogP) is 1.78. The van der Waals surface area contributed by atoms with Crippen LogP contribution in [0.3, 0.4) is 0 Å². The molecule has 1 aromatic rings. The molecule has 1 heterocycles. The van der Waals surface area contributed by atoms with Crippen LogP contribution in [-0.4, -0.2) is 24.0 Å². The average molecular weight is 214 g/mol. The van der Waals surface area contributed by atoms with Crippen LogP contribution in [0.4, 0.5) is 4.79 Å². The molecule has 1 aliphatic heterocycles. The Morgan fingerprint density at radius 1 is 1.31 bits per heavy atom. The third kappa shape index (κ3) is 1.32. The van der Waals surface area contributed by atoms with E-state index in [-0.39, 0.29) is 6.03 Å². The number of primary amides is 1. The SMILES string of the molecule is NC(=O)N1CCC2=C(Cc3ccccc32)C1. The maximum Gasteiger partial charge on any atom is 0.315 e. The van der Waals surface area contributed by atoms with Gasteiger partial charge in [-0.1, -0.05) is 24.3 Å². The Kier molecular flexibility index (Phi) is 1.99. The molecule has 2 N–H and O–H groups in total. The van der Waals surface area contributed by atoms with Gasteiger partial charge in [-0.15, -0.1) is 0 Å². The van der Waals surface area contributed by atoms with E-state index in [1.807, 2.05) is 0 Å². The van der Waals surface area contributed by atoms with E-state index >= 15 is 0 Å². The molecule has 0 spiro atoms. The number of fused-ring (bicyclic) bond motifs is 2. The van der Waals surface area contributed by atoms with E-state index in [0.717, 1.165) is 19.4 Å². The predicted molar refractivity (Wildman–Crippen MR) is 62.8 cm³/mol. The first-order chi connectivity index (χ1) is 7.75. The zero-order chi connectivity index (χ0) is 11.1. The van der Waals surface area contributed by atoms with Crippen molar-refractivity contribution in [1.29, 1.82) is 0 Å². The van der Waals surface area contributed by atoms with Crippen LogP contribution in [0.2, 0.25) is 0 Å². The van der Waals surface area contributed by atoms with Crippen molar-refractivity contribution < 1.29 is 4.79 Å². The van der Waals surface area contributed by atoms with Crippen molar-refractivity contribution in [2.24, 2.45) is 5.73 Å². The minimum atomic E-state index is -0.303. The fraction of sp³-hybridized carbons (Fsp3) is 0.308. The maximum absolute atomic E-state index is 11.1. The minimum Gasteiger partial charge on any atom is -0.351 e. The highest BCUT2D eigenvalue weighted by atomic mass is 16.2. The minimum absolute atomic E-state index is 0.303. The molecule has 0 saturated carbocycles. The molecule has 3 heteroatoms. The second-order valence-corrected chi connectivity index (χ2v) is 4.43. The Balaban J connectivity index is 1.94. The van der Waals surface area contributed by atoms with E-state index in [1.54, 1.807) is 4.90 Å². The molecule has 1 aromatic carbocycles. The molecule has 3 nitrogen and oxygen atoms in total. The van der Waals surface area contributed by atoms with Crippen molar-refractivity contribution in [2.75, 3.05) is 13.1 Å². The van der Waals surface area contributed by atoms with Crippen LogP contribution in [0.1, 0.15) is 17.5 Å². The molecule has 0 aromatic heterocycles. The zero-order valence-electron chi connectivity index (χ0n) is 9.07. The van der Waals surface area contributed by atoms with E-state index in [1.165, 1.54) is 22.3 Å². The van der Waals surface area contributed by atoms with E-state index in [4.69, 9.17) is 5.73 Å². The lowest BCUT2D eigenvalue weighted by atomic mass is 9.99. The maximum atomic E-state index is 11.1. The fourth-order valence-electron chi connectivity index (χ4n) is 2.70. The van der Waals surface area contributed by atoms with Crippen LogP contribution in [0, 0.1) is 0 Å². The van der Waals surface area contributed by atoms with Crippen molar-refractivity contribution in [2.45, 2.75) is 12.8 Å². The van der Waals surface area contributed by atoms with Gasteiger partial charge in [-0.3, -0.25) is 0 Å². The Hall–Kier alpha value is -1.77. The summed E-state index contributed by atoms with van der Waals surface area (Å²) in [6, 6.07) is 8.20. The van der Waals surface area contributed by atoms with Gasteiger partial charge >= 0.3 is 6.03 Å². The van der Waals surface area contributed by atoms with Gasteiger partial charge in [0.1, 0.15) is 0 Å². The van der Waals surface area contributed by atoms with E-state index in [2.05, 4.69) is 24.3 Å². The number of carbonyl (C=O) groups excluding carboxylic acids is 1. The third-order valence-corrected chi connectivity index (χ3v) is 3.50.